The lowest BCUT2D eigenvalue weighted by Gasteiger charge is -2.08. The fourth-order valence-corrected chi connectivity index (χ4v) is 4.66. The Kier molecular flexibility index (Phi) is 17.7. The third-order valence-electron chi connectivity index (χ3n) is 5.93. The van der Waals surface area contributed by atoms with E-state index in [0.29, 0.717) is 25.2 Å². The topological polar surface area (TPSA) is 204 Å². The molecule has 1 heterocycles. The first-order chi connectivity index (χ1) is 23.0. The fourth-order valence-electron chi connectivity index (χ4n) is 3.63. The molecular weight excluding hydrogens is 646 g/mol. The zero-order valence-corrected chi connectivity index (χ0v) is 27.3. The van der Waals surface area contributed by atoms with E-state index in [-0.39, 0.29) is 79.4 Å². The summed E-state index contributed by atoms with van der Waals surface area (Å²) in [6.45, 7) is 1.51. The summed E-state index contributed by atoms with van der Waals surface area (Å²) in [6.07, 6.45) is 2.59. The van der Waals surface area contributed by atoms with Gasteiger partial charge in [-0.05, 0) is 56.2 Å². The number of hydrogen-bond acceptors (Lipinski definition) is 11. The summed E-state index contributed by atoms with van der Waals surface area (Å²) < 4.78 is 42.2. The summed E-state index contributed by atoms with van der Waals surface area (Å²) in [4.78, 5) is 60.8. The van der Waals surface area contributed by atoms with E-state index in [1.807, 2.05) is 6.07 Å². The molecule has 1 amide bonds. The van der Waals surface area contributed by atoms with Crippen molar-refractivity contribution >= 4 is 45.1 Å². The zero-order valence-electron chi connectivity index (χ0n) is 26.5. The Balaban J connectivity index is 0.000000613. The number of Topliss-reactive ketones (excluding diaryl/α,β-unsaturated/α-hetero) is 3. The molecule has 0 unspecified atom stereocenters. The molecule has 0 aliphatic carbocycles. The molecule has 0 saturated heterocycles. The monoisotopic (exact) mass is 685 g/mol. The maximum absolute atomic E-state index is 12.3. The van der Waals surface area contributed by atoms with Gasteiger partial charge in [0.25, 0.3) is 15.9 Å². The van der Waals surface area contributed by atoms with E-state index in [0.717, 1.165) is 0 Å². The number of aliphatic carboxylic acids is 1. The second kappa shape index (κ2) is 21.7. The first kappa shape index (κ1) is 39.2. The van der Waals surface area contributed by atoms with Crippen LogP contribution in [0.3, 0.4) is 0 Å². The number of benzene rings is 2. The molecule has 3 N–H and O–H groups in total. The van der Waals surface area contributed by atoms with E-state index >= 15 is 0 Å². The number of sulfonamides is 1. The Morgan fingerprint density at radius 2 is 1.38 bits per heavy atom. The standard InChI is InChI=1S/C25H31N3O8S.C8H8O3/c1-19(29)17-35-13-6-8-22(31)18-36-14-5-7-21(30)16-27-25(32)20-11-12-24(26-15-20)28-37(33,34)23-9-3-2-4-10-23;9-8(10)6-11-7-4-2-1-3-5-7/h2-4,9-12,15H,5-8,13-14,16-18H2,1H3,(H,26,28)(H,27,32);1-5H,6H2,(H,9,10). The number of para-hydroxylation sites is 1. The summed E-state index contributed by atoms with van der Waals surface area (Å²) in [5, 5.41) is 10.7. The maximum atomic E-state index is 12.3. The molecule has 0 aliphatic rings. The summed E-state index contributed by atoms with van der Waals surface area (Å²) in [5.41, 5.74) is 0.170. The van der Waals surface area contributed by atoms with Crippen molar-refractivity contribution in [2.45, 2.75) is 37.5 Å². The van der Waals surface area contributed by atoms with Crippen molar-refractivity contribution in [2.24, 2.45) is 0 Å². The van der Waals surface area contributed by atoms with Gasteiger partial charge in [-0.2, -0.15) is 0 Å². The number of rotatable bonds is 21. The van der Waals surface area contributed by atoms with E-state index in [4.69, 9.17) is 19.3 Å². The van der Waals surface area contributed by atoms with Crippen LogP contribution in [0.1, 0.15) is 43.0 Å². The van der Waals surface area contributed by atoms with Crippen molar-refractivity contribution in [1.29, 1.82) is 0 Å². The van der Waals surface area contributed by atoms with Gasteiger partial charge in [-0.15, -0.1) is 0 Å². The van der Waals surface area contributed by atoms with Crippen LogP contribution in [0.15, 0.2) is 83.9 Å². The molecule has 0 spiro atoms. The molecule has 258 valence electrons. The van der Waals surface area contributed by atoms with Gasteiger partial charge in [-0.3, -0.25) is 23.9 Å². The van der Waals surface area contributed by atoms with Crippen LogP contribution in [-0.2, 0) is 38.7 Å². The predicted molar refractivity (Wildman–Crippen MR) is 174 cm³/mol. The highest BCUT2D eigenvalue weighted by Gasteiger charge is 2.15. The quantitative estimate of drug-likeness (QED) is 0.138. The lowest BCUT2D eigenvalue weighted by atomic mass is 10.2. The van der Waals surface area contributed by atoms with Crippen LogP contribution in [0.5, 0.6) is 5.75 Å². The molecule has 0 fully saturated rings. The van der Waals surface area contributed by atoms with Crippen LogP contribution < -0.4 is 14.8 Å². The summed E-state index contributed by atoms with van der Waals surface area (Å²) in [7, 11) is -3.80. The van der Waals surface area contributed by atoms with Gasteiger partial charge in [0, 0.05) is 32.3 Å². The smallest absolute Gasteiger partial charge is 0.341 e. The lowest BCUT2D eigenvalue weighted by molar-refractivity contribution is -0.139. The predicted octanol–water partition coefficient (Wildman–Crippen LogP) is 3.08. The molecule has 0 saturated carbocycles. The number of carboxylic acid groups (broad SMARTS) is 1. The minimum absolute atomic E-state index is 0.0431. The van der Waals surface area contributed by atoms with E-state index in [2.05, 4.69) is 15.0 Å². The van der Waals surface area contributed by atoms with Gasteiger partial charge in [0.15, 0.2) is 24.0 Å². The minimum atomic E-state index is -3.80. The van der Waals surface area contributed by atoms with Crippen LogP contribution in [-0.4, -0.2) is 87.3 Å². The van der Waals surface area contributed by atoms with Crippen molar-refractivity contribution in [3.8, 4) is 5.75 Å². The van der Waals surface area contributed by atoms with Gasteiger partial charge >= 0.3 is 5.97 Å². The third-order valence-corrected chi connectivity index (χ3v) is 7.30. The molecule has 3 rings (SSSR count). The van der Waals surface area contributed by atoms with Gasteiger partial charge in [0.2, 0.25) is 0 Å². The highest BCUT2D eigenvalue weighted by Crippen LogP contribution is 2.14. The maximum Gasteiger partial charge on any atom is 0.341 e. The largest absolute Gasteiger partial charge is 0.482 e. The van der Waals surface area contributed by atoms with Crippen molar-refractivity contribution in [3.05, 3.63) is 84.6 Å². The van der Waals surface area contributed by atoms with Gasteiger partial charge in [-0.1, -0.05) is 36.4 Å². The normalized spacial score (nSPS) is 10.6. The molecule has 2 aromatic carbocycles. The summed E-state index contributed by atoms with van der Waals surface area (Å²) in [5.74, 6) is -1.21. The first-order valence-electron chi connectivity index (χ1n) is 14.9. The van der Waals surface area contributed by atoms with Crippen LogP contribution in [0.4, 0.5) is 5.82 Å². The highest BCUT2D eigenvalue weighted by molar-refractivity contribution is 7.92. The third kappa shape index (κ3) is 17.1. The molecule has 0 aliphatic heterocycles. The minimum Gasteiger partial charge on any atom is -0.482 e. The number of amides is 1. The number of hydrogen-bond donors (Lipinski definition) is 3. The SMILES string of the molecule is CC(=O)COCCCC(=O)COCCCC(=O)CNC(=O)c1ccc(NS(=O)(=O)c2ccccc2)nc1.O=C(O)COc1ccccc1. The van der Waals surface area contributed by atoms with Gasteiger partial charge in [0.05, 0.1) is 17.0 Å². The summed E-state index contributed by atoms with van der Waals surface area (Å²) >= 11 is 0. The van der Waals surface area contributed by atoms with E-state index in [9.17, 15) is 32.4 Å². The Hall–Kier alpha value is -4.99. The second-order valence-corrected chi connectivity index (χ2v) is 11.8. The van der Waals surface area contributed by atoms with E-state index in [1.54, 1.807) is 42.5 Å². The van der Waals surface area contributed by atoms with Gasteiger partial charge in [0.1, 0.15) is 24.8 Å². The Bertz CT molecular complexity index is 1570. The second-order valence-electron chi connectivity index (χ2n) is 10.1. The van der Waals surface area contributed by atoms with Crippen molar-refractivity contribution in [1.82, 2.24) is 10.3 Å². The number of aromatic nitrogens is 1. The first-order valence-corrected chi connectivity index (χ1v) is 16.3. The van der Waals surface area contributed by atoms with Crippen molar-refractivity contribution < 1.29 is 51.7 Å². The van der Waals surface area contributed by atoms with Crippen LogP contribution >= 0.6 is 0 Å². The molecule has 0 bridgehead atoms. The zero-order chi connectivity index (χ0) is 35.2. The Labute approximate surface area is 278 Å². The number of nitrogens with zero attached hydrogens (tertiary/aromatic N) is 1. The van der Waals surface area contributed by atoms with Crippen molar-refractivity contribution in [3.63, 3.8) is 0 Å². The number of carboxylic acids is 1. The molecule has 15 heteroatoms. The van der Waals surface area contributed by atoms with Crippen LogP contribution in [0.25, 0.3) is 0 Å². The number of carbonyl (C=O) groups excluding carboxylic acids is 4. The van der Waals surface area contributed by atoms with E-state index in [1.165, 1.54) is 37.4 Å². The molecule has 14 nitrogen and oxygen atoms in total. The molecule has 0 radical (unpaired) electrons. The average Bonchev–Trinajstić information content (AvgIpc) is 3.07. The summed E-state index contributed by atoms with van der Waals surface area (Å²) in [6, 6.07) is 19.4. The van der Waals surface area contributed by atoms with Crippen molar-refractivity contribution in [2.75, 3.05) is 44.3 Å². The number of anilines is 1. The number of ether oxygens (including phenoxy) is 3. The van der Waals surface area contributed by atoms with Gasteiger partial charge in [-0.25, -0.2) is 18.2 Å². The number of pyridine rings is 1. The fraction of sp³-hybridized carbons (Fsp3) is 0.333. The number of nitrogens with one attached hydrogen (secondary N) is 2. The number of ketones is 3. The highest BCUT2D eigenvalue weighted by atomic mass is 32.2. The molecule has 1 aromatic heterocycles. The Morgan fingerprint density at radius 1 is 0.771 bits per heavy atom. The average molecular weight is 686 g/mol. The number of carbonyl (C=O) groups is 5. The van der Waals surface area contributed by atoms with E-state index < -0.39 is 21.9 Å². The van der Waals surface area contributed by atoms with Crippen LogP contribution in [0, 0.1) is 0 Å². The van der Waals surface area contributed by atoms with Gasteiger partial charge < -0.3 is 24.6 Å². The lowest BCUT2D eigenvalue weighted by Crippen LogP contribution is -2.29. The Morgan fingerprint density at radius 3 is 1.96 bits per heavy atom. The molecular formula is C33H39N3O11S. The molecule has 3 aromatic rings. The van der Waals surface area contributed by atoms with Crippen LogP contribution in [0.2, 0.25) is 0 Å². The molecule has 48 heavy (non-hydrogen) atoms. The molecule has 0 atom stereocenters.